The van der Waals surface area contributed by atoms with Crippen LogP contribution in [0.3, 0.4) is 0 Å². The molecule has 4 bridgehead atoms. The average Bonchev–Trinajstić information content (AvgIpc) is 2.44. The van der Waals surface area contributed by atoms with Crippen LogP contribution in [0.4, 0.5) is 0 Å². The van der Waals surface area contributed by atoms with E-state index in [1.807, 2.05) is 0 Å². The van der Waals surface area contributed by atoms with Gasteiger partial charge in [-0.3, -0.25) is 0 Å². The Morgan fingerprint density at radius 3 is 2.35 bits per heavy atom. The summed E-state index contributed by atoms with van der Waals surface area (Å²) in [6.45, 7) is 0.747. The summed E-state index contributed by atoms with van der Waals surface area (Å²) in [4.78, 5) is 9.07. The van der Waals surface area contributed by atoms with Crippen molar-refractivity contribution in [2.75, 3.05) is 6.54 Å². The van der Waals surface area contributed by atoms with Crippen LogP contribution in [0, 0.1) is 23.7 Å². The Morgan fingerprint density at radius 1 is 1.00 bits per heavy atom. The maximum Gasteiger partial charge on any atom is 0.115 e. The lowest BCUT2D eigenvalue weighted by Gasteiger charge is -2.54. The highest BCUT2D eigenvalue weighted by atomic mass is 14.8. The molecule has 2 N–H and O–H groups in total. The fourth-order valence-electron chi connectivity index (χ4n) is 5.43. The lowest BCUT2D eigenvalue weighted by Crippen LogP contribution is -2.44. The molecule has 4 aliphatic carbocycles. The molecule has 0 radical (unpaired) electrons. The normalized spacial score (nSPS) is 38.4. The Kier molecular flexibility index (Phi) is 3.25. The van der Waals surface area contributed by atoms with Gasteiger partial charge in [0.2, 0.25) is 0 Å². The Balaban J connectivity index is 1.58. The van der Waals surface area contributed by atoms with Gasteiger partial charge >= 0.3 is 0 Å². The predicted octanol–water partition coefficient (Wildman–Crippen LogP) is 2.91. The van der Waals surface area contributed by atoms with E-state index in [-0.39, 0.29) is 0 Å². The van der Waals surface area contributed by atoms with E-state index in [9.17, 15) is 0 Å². The summed E-state index contributed by atoms with van der Waals surface area (Å²) in [5.74, 6) is 4.61. The highest BCUT2D eigenvalue weighted by Gasteiger charge is 2.49. The molecule has 3 nitrogen and oxygen atoms in total. The summed E-state index contributed by atoms with van der Waals surface area (Å²) < 4.78 is 0. The van der Waals surface area contributed by atoms with Gasteiger partial charge in [-0.1, -0.05) is 0 Å². The van der Waals surface area contributed by atoms with Crippen LogP contribution in [-0.2, 0) is 6.42 Å². The first kappa shape index (κ1) is 12.8. The van der Waals surface area contributed by atoms with Crippen molar-refractivity contribution < 1.29 is 0 Å². The summed E-state index contributed by atoms with van der Waals surface area (Å²) in [7, 11) is 0. The van der Waals surface area contributed by atoms with E-state index in [1.54, 1.807) is 6.33 Å². The maximum atomic E-state index is 5.61. The molecule has 1 aromatic heterocycles. The van der Waals surface area contributed by atoms with Crippen molar-refractivity contribution in [1.82, 2.24) is 9.97 Å². The van der Waals surface area contributed by atoms with Crippen molar-refractivity contribution in [3.05, 3.63) is 23.8 Å². The quantitative estimate of drug-likeness (QED) is 0.916. The molecule has 108 valence electrons. The molecule has 0 spiro atoms. The van der Waals surface area contributed by atoms with Crippen molar-refractivity contribution >= 4 is 0 Å². The summed E-state index contributed by atoms with van der Waals surface area (Å²) >= 11 is 0. The molecule has 0 unspecified atom stereocenters. The molecule has 5 rings (SSSR count). The van der Waals surface area contributed by atoms with Crippen molar-refractivity contribution in [3.63, 3.8) is 0 Å². The smallest absolute Gasteiger partial charge is 0.115 e. The van der Waals surface area contributed by atoms with E-state index in [0.29, 0.717) is 0 Å². The van der Waals surface area contributed by atoms with Crippen LogP contribution in [-0.4, -0.2) is 16.5 Å². The molecule has 1 heterocycles. The van der Waals surface area contributed by atoms with Gasteiger partial charge in [0.15, 0.2) is 0 Å². The summed E-state index contributed by atoms with van der Waals surface area (Å²) in [6, 6.07) is 2.28. The first-order valence-corrected chi connectivity index (χ1v) is 8.34. The number of aryl methyl sites for hydroxylation is 1. The molecule has 0 amide bonds. The second kappa shape index (κ2) is 5.10. The van der Waals surface area contributed by atoms with Crippen LogP contribution in [0.2, 0.25) is 0 Å². The Morgan fingerprint density at radius 2 is 1.70 bits per heavy atom. The molecule has 0 saturated heterocycles. The minimum absolute atomic E-state index is 0.724. The van der Waals surface area contributed by atoms with Crippen LogP contribution in [0.15, 0.2) is 12.4 Å². The number of nitrogens with two attached hydrogens (primary N) is 1. The van der Waals surface area contributed by atoms with E-state index in [0.717, 1.165) is 49.0 Å². The van der Waals surface area contributed by atoms with Gasteiger partial charge in [0.25, 0.3) is 0 Å². The van der Waals surface area contributed by atoms with Crippen LogP contribution < -0.4 is 5.73 Å². The van der Waals surface area contributed by atoms with Crippen LogP contribution in [0.25, 0.3) is 0 Å². The van der Waals surface area contributed by atoms with Gasteiger partial charge in [-0.25, -0.2) is 9.97 Å². The first-order chi connectivity index (χ1) is 9.83. The molecule has 1 aromatic rings. The molecule has 4 saturated carbocycles. The summed E-state index contributed by atoms with van der Waals surface area (Å²) in [5.41, 5.74) is 8.13. The topological polar surface area (TPSA) is 51.8 Å². The van der Waals surface area contributed by atoms with Crippen LogP contribution in [0.1, 0.15) is 55.8 Å². The minimum atomic E-state index is 0.724. The fraction of sp³-hybridized carbons (Fsp3) is 0.765. The summed E-state index contributed by atoms with van der Waals surface area (Å²) in [6.07, 6.45) is 11.2. The number of rotatable bonds is 4. The van der Waals surface area contributed by atoms with Gasteiger partial charge < -0.3 is 5.73 Å². The van der Waals surface area contributed by atoms with E-state index in [4.69, 9.17) is 5.73 Å². The molecule has 20 heavy (non-hydrogen) atoms. The van der Waals surface area contributed by atoms with E-state index >= 15 is 0 Å². The zero-order valence-electron chi connectivity index (χ0n) is 12.2. The SMILES string of the molecule is NCCCc1cc(C2C3CC4CC(C3)CC2C4)ncn1. The molecular weight excluding hydrogens is 246 g/mol. The Labute approximate surface area is 121 Å². The second-order valence-electron chi connectivity index (χ2n) is 7.28. The van der Waals surface area contributed by atoms with E-state index in [1.165, 1.54) is 43.5 Å². The van der Waals surface area contributed by atoms with Gasteiger partial charge in [-0.15, -0.1) is 0 Å². The van der Waals surface area contributed by atoms with Gasteiger partial charge in [0.05, 0.1) is 0 Å². The zero-order chi connectivity index (χ0) is 13.5. The first-order valence-electron chi connectivity index (χ1n) is 8.34. The van der Waals surface area contributed by atoms with Crippen LogP contribution in [0.5, 0.6) is 0 Å². The van der Waals surface area contributed by atoms with Crippen molar-refractivity contribution in [1.29, 1.82) is 0 Å². The van der Waals surface area contributed by atoms with E-state index in [2.05, 4.69) is 16.0 Å². The summed E-state index contributed by atoms with van der Waals surface area (Å²) in [5, 5.41) is 0. The maximum absolute atomic E-state index is 5.61. The van der Waals surface area contributed by atoms with Crippen molar-refractivity contribution in [2.45, 2.75) is 50.9 Å². The third-order valence-corrected chi connectivity index (χ3v) is 5.95. The third kappa shape index (κ3) is 2.16. The second-order valence-corrected chi connectivity index (χ2v) is 7.28. The van der Waals surface area contributed by atoms with Gasteiger partial charge in [-0.2, -0.15) is 0 Å². The standard InChI is InChI=1S/C17H25N3/c18-3-1-2-15-9-16(20-10-19-15)17-13-5-11-4-12(7-13)8-14(17)6-11/h9-14,17H,1-8,18H2. The zero-order valence-corrected chi connectivity index (χ0v) is 12.2. The Bertz CT molecular complexity index is 457. The molecule has 0 atom stereocenters. The molecular formula is C17H25N3. The molecule has 0 aromatic carbocycles. The number of nitrogens with zero attached hydrogens (tertiary/aromatic N) is 2. The Hall–Kier alpha value is -0.960. The monoisotopic (exact) mass is 271 g/mol. The molecule has 0 aliphatic heterocycles. The number of hydrogen-bond acceptors (Lipinski definition) is 3. The fourth-order valence-corrected chi connectivity index (χ4v) is 5.43. The largest absolute Gasteiger partial charge is 0.330 e. The van der Waals surface area contributed by atoms with Crippen LogP contribution >= 0.6 is 0 Å². The molecule has 4 aliphatic rings. The predicted molar refractivity (Wildman–Crippen MR) is 79.2 cm³/mol. The van der Waals surface area contributed by atoms with Gasteiger partial charge in [-0.05, 0) is 81.2 Å². The van der Waals surface area contributed by atoms with Crippen molar-refractivity contribution in [2.24, 2.45) is 29.4 Å². The number of hydrogen-bond donors (Lipinski definition) is 1. The molecule has 4 fully saturated rings. The minimum Gasteiger partial charge on any atom is -0.330 e. The molecule has 3 heteroatoms. The highest BCUT2D eigenvalue weighted by molar-refractivity contribution is 5.19. The highest BCUT2D eigenvalue weighted by Crippen LogP contribution is 2.59. The lowest BCUT2D eigenvalue weighted by molar-refractivity contribution is -0.00422. The van der Waals surface area contributed by atoms with E-state index < -0.39 is 0 Å². The van der Waals surface area contributed by atoms with Gasteiger partial charge in [0, 0.05) is 17.3 Å². The van der Waals surface area contributed by atoms with Crippen molar-refractivity contribution in [3.8, 4) is 0 Å². The average molecular weight is 271 g/mol. The third-order valence-electron chi connectivity index (χ3n) is 5.95. The lowest BCUT2D eigenvalue weighted by atomic mass is 9.51. The number of aromatic nitrogens is 2. The van der Waals surface area contributed by atoms with Gasteiger partial charge in [0.1, 0.15) is 6.33 Å².